The summed E-state index contributed by atoms with van der Waals surface area (Å²) in [6, 6.07) is 0. The third kappa shape index (κ3) is 9.47. The molecule has 25 heteroatoms. The zero-order valence-corrected chi connectivity index (χ0v) is 31.6. The van der Waals surface area contributed by atoms with E-state index in [0.717, 1.165) is 36.4 Å². The zero-order valence-electron chi connectivity index (χ0n) is 31.6. The van der Waals surface area contributed by atoms with Crippen molar-refractivity contribution in [1.82, 2.24) is 94.4 Å². The molecule has 1 aliphatic rings. The predicted molar refractivity (Wildman–Crippen MR) is 209 cm³/mol. The van der Waals surface area contributed by atoms with E-state index in [1.807, 2.05) is 23.3 Å². The molecule has 9 rings (SSSR count). The number of carboxylic acids is 1. The van der Waals surface area contributed by atoms with Crippen molar-refractivity contribution < 1.29 is 14.7 Å². The van der Waals surface area contributed by atoms with E-state index in [4.69, 9.17) is 10.8 Å². The van der Waals surface area contributed by atoms with Crippen molar-refractivity contribution in [3.63, 3.8) is 0 Å². The Morgan fingerprint density at radius 3 is 2.31 bits per heavy atom. The predicted octanol–water partition coefficient (Wildman–Crippen LogP) is 1.21. The summed E-state index contributed by atoms with van der Waals surface area (Å²) in [6.07, 6.45) is 20.7. The Kier molecular flexibility index (Phi) is 11.4. The van der Waals surface area contributed by atoms with Crippen LogP contribution in [0.3, 0.4) is 0 Å². The highest BCUT2D eigenvalue weighted by Crippen LogP contribution is 2.19. The Labute approximate surface area is 333 Å². The van der Waals surface area contributed by atoms with Crippen LogP contribution < -0.4 is 21.7 Å². The Morgan fingerprint density at radius 1 is 0.780 bits per heavy atom. The van der Waals surface area contributed by atoms with Gasteiger partial charge in [0.2, 0.25) is 17.8 Å². The largest absolute Gasteiger partial charge is 0.481 e. The van der Waals surface area contributed by atoms with Crippen LogP contribution in [0.15, 0.2) is 62.0 Å². The minimum absolute atomic E-state index is 0.0454. The number of aliphatic carboxylic acids is 1. The number of nitrogens with zero attached hydrogens (tertiary/aromatic N) is 18. The number of hydrogen-bond donors (Lipinski definition) is 5. The Bertz CT molecular complexity index is 2670. The van der Waals surface area contributed by atoms with Crippen LogP contribution in [0.1, 0.15) is 38.5 Å². The van der Waals surface area contributed by atoms with Gasteiger partial charge in [-0.1, -0.05) is 10.4 Å². The van der Waals surface area contributed by atoms with Crippen molar-refractivity contribution >= 4 is 57.5 Å². The van der Waals surface area contributed by atoms with Gasteiger partial charge in [-0.3, -0.25) is 28.3 Å². The summed E-state index contributed by atoms with van der Waals surface area (Å²) >= 11 is 0. The van der Waals surface area contributed by atoms with Crippen LogP contribution in [-0.4, -0.2) is 119 Å². The second-order valence-corrected chi connectivity index (χ2v) is 13.4. The summed E-state index contributed by atoms with van der Waals surface area (Å²) in [5.74, 6) is 0.0123. The molecule has 9 heterocycles. The second kappa shape index (κ2) is 17.6. The summed E-state index contributed by atoms with van der Waals surface area (Å²) in [4.78, 5) is 40.2. The quantitative estimate of drug-likeness (QED) is 0.130. The van der Waals surface area contributed by atoms with E-state index in [-0.39, 0.29) is 12.3 Å². The van der Waals surface area contributed by atoms with Gasteiger partial charge in [-0.15, -0.1) is 10.2 Å². The molecule has 0 aromatic carbocycles. The van der Waals surface area contributed by atoms with Gasteiger partial charge in [-0.2, -0.15) is 39.7 Å². The number of amides is 1. The number of carbonyl (C=O) groups excluding carboxylic acids is 1. The van der Waals surface area contributed by atoms with Crippen LogP contribution in [0.5, 0.6) is 0 Å². The number of aryl methyl sites for hydroxylation is 4. The molecule has 8 aromatic heterocycles. The molecular formula is C34H40N22O3. The van der Waals surface area contributed by atoms with E-state index in [1.54, 1.807) is 66.8 Å². The third-order valence-corrected chi connectivity index (χ3v) is 8.94. The standard InChI is InChI=1S/C17H21N11O2.C17H19N11O/c18-4-2-6-27-11-13(8-21-27)28-16-14(24-25-28)9-19-17(23-16)22-12-7-20-26(10-12)5-1-3-15(29)30;29-15-3-1-5-26-10-12(7-20-26)22-17-19-9-14-16(23-17)28(25-24-14)13-8-21-27(11-13)6-2-4-18-15/h7-11H,1-6,18H2,(H,29,30)(H,19,22,23);7-11H,1-6H2,(H,18,29)(H,19,22,23). The molecule has 0 fully saturated rings. The van der Waals surface area contributed by atoms with E-state index in [2.05, 4.69) is 76.9 Å². The minimum atomic E-state index is -0.822. The molecule has 304 valence electrons. The van der Waals surface area contributed by atoms with Crippen molar-refractivity contribution in [2.75, 3.05) is 23.7 Å². The van der Waals surface area contributed by atoms with E-state index in [0.29, 0.717) is 91.9 Å². The highest BCUT2D eigenvalue weighted by atomic mass is 16.4. The maximum absolute atomic E-state index is 12.0. The van der Waals surface area contributed by atoms with Crippen molar-refractivity contribution in [3.8, 4) is 11.4 Å². The number of rotatable bonds is 10. The molecule has 1 amide bonds. The van der Waals surface area contributed by atoms with Gasteiger partial charge in [0.25, 0.3) is 0 Å². The van der Waals surface area contributed by atoms with E-state index in [9.17, 15) is 9.59 Å². The molecular weight excluding hydrogens is 765 g/mol. The molecule has 6 bridgehead atoms. The Balaban J connectivity index is 0.000000164. The van der Waals surface area contributed by atoms with Gasteiger partial charge < -0.3 is 26.8 Å². The number of carboxylic acid groups (broad SMARTS) is 1. The molecule has 0 spiro atoms. The van der Waals surface area contributed by atoms with E-state index >= 15 is 0 Å². The first-order valence-corrected chi connectivity index (χ1v) is 18.9. The average Bonchev–Trinajstić information content (AvgIpc) is 4.09. The summed E-state index contributed by atoms with van der Waals surface area (Å²) in [6.45, 7) is 3.78. The van der Waals surface area contributed by atoms with Crippen LogP contribution in [0.4, 0.5) is 23.3 Å². The first-order chi connectivity index (χ1) is 28.9. The summed E-state index contributed by atoms with van der Waals surface area (Å²) in [5.41, 5.74) is 10.8. The van der Waals surface area contributed by atoms with Gasteiger partial charge in [-0.05, 0) is 32.2 Å². The first kappa shape index (κ1) is 38.2. The maximum Gasteiger partial charge on any atom is 0.303 e. The van der Waals surface area contributed by atoms with Gasteiger partial charge >= 0.3 is 5.97 Å². The number of nitrogens with two attached hydrogens (primary N) is 1. The van der Waals surface area contributed by atoms with Crippen LogP contribution in [0.2, 0.25) is 0 Å². The zero-order chi connectivity index (χ0) is 40.6. The normalized spacial score (nSPS) is 13.3. The van der Waals surface area contributed by atoms with Crippen molar-refractivity contribution in [3.05, 3.63) is 62.0 Å². The van der Waals surface area contributed by atoms with Crippen LogP contribution in [0.25, 0.3) is 33.7 Å². The number of fused-ring (bicyclic) bond motifs is 7. The van der Waals surface area contributed by atoms with E-state index in [1.165, 1.54) is 0 Å². The molecule has 0 aliphatic carbocycles. The van der Waals surface area contributed by atoms with Gasteiger partial charge in [0.05, 0.1) is 60.9 Å². The SMILES string of the molecule is NCCCn1cc(-n2nnc3cnc(Nc4cnn(CCCC(=O)O)c4)nc32)cn1.O=C1CCCn2cc(cn2)Nc2ncc3nnn(c3n2)-c2cnn(c2)CCCN1. The van der Waals surface area contributed by atoms with E-state index < -0.39 is 5.97 Å². The molecule has 1 aliphatic heterocycles. The summed E-state index contributed by atoms with van der Waals surface area (Å²) in [5, 5.41) is 51.7. The van der Waals surface area contributed by atoms with Crippen molar-refractivity contribution in [1.29, 1.82) is 0 Å². The molecule has 0 saturated heterocycles. The average molecular weight is 805 g/mol. The monoisotopic (exact) mass is 804 g/mol. The number of aromatic nitrogens is 18. The molecule has 6 N–H and O–H groups in total. The highest BCUT2D eigenvalue weighted by Gasteiger charge is 2.15. The number of anilines is 4. The number of carbonyl (C=O) groups is 2. The van der Waals surface area contributed by atoms with Crippen LogP contribution >= 0.6 is 0 Å². The molecule has 25 nitrogen and oxygen atoms in total. The number of nitrogens with one attached hydrogen (secondary N) is 3. The minimum Gasteiger partial charge on any atom is -0.481 e. The second-order valence-electron chi connectivity index (χ2n) is 13.4. The van der Waals surface area contributed by atoms with Crippen LogP contribution in [-0.2, 0) is 35.8 Å². The lowest BCUT2D eigenvalue weighted by molar-refractivity contribution is -0.137. The lowest BCUT2D eigenvalue weighted by atomic mass is 10.3. The van der Waals surface area contributed by atoms with Gasteiger partial charge in [-0.25, -0.2) is 9.97 Å². The fourth-order valence-electron chi connectivity index (χ4n) is 6.06. The molecule has 0 unspecified atom stereocenters. The third-order valence-electron chi connectivity index (χ3n) is 8.94. The van der Waals surface area contributed by atoms with Crippen LogP contribution in [0, 0.1) is 0 Å². The smallest absolute Gasteiger partial charge is 0.303 e. The fourth-order valence-corrected chi connectivity index (χ4v) is 6.06. The maximum atomic E-state index is 12.0. The van der Waals surface area contributed by atoms with Gasteiger partial charge in [0.15, 0.2) is 22.3 Å². The molecule has 8 aromatic rings. The van der Waals surface area contributed by atoms with Gasteiger partial charge in [0, 0.05) is 58.0 Å². The first-order valence-electron chi connectivity index (χ1n) is 18.9. The lowest BCUT2D eigenvalue weighted by Gasteiger charge is -2.06. The highest BCUT2D eigenvalue weighted by molar-refractivity contribution is 5.76. The fraction of sp³-hybridized carbons (Fsp3) is 0.353. The molecule has 0 radical (unpaired) electrons. The van der Waals surface area contributed by atoms with Crippen molar-refractivity contribution in [2.45, 2.75) is 64.7 Å². The van der Waals surface area contributed by atoms with Crippen molar-refractivity contribution in [2.24, 2.45) is 5.73 Å². The Hall–Kier alpha value is -7.70. The lowest BCUT2D eigenvalue weighted by Crippen LogP contribution is -2.25. The summed E-state index contributed by atoms with van der Waals surface area (Å²) < 4.78 is 10.3. The topological polar surface area (TPSA) is 301 Å². The molecule has 0 saturated carbocycles. The molecule has 0 atom stereocenters. The molecule has 59 heavy (non-hydrogen) atoms. The number of hydrogen-bond acceptors (Lipinski definition) is 17. The Morgan fingerprint density at radius 2 is 1.47 bits per heavy atom. The summed E-state index contributed by atoms with van der Waals surface area (Å²) in [7, 11) is 0. The van der Waals surface area contributed by atoms with Gasteiger partial charge in [0.1, 0.15) is 11.4 Å².